The van der Waals surface area contributed by atoms with E-state index in [4.69, 9.17) is 4.52 Å². The van der Waals surface area contributed by atoms with Crippen LogP contribution in [0, 0.1) is 5.82 Å². The first-order valence-corrected chi connectivity index (χ1v) is 10.1. The molecule has 0 saturated carbocycles. The minimum absolute atomic E-state index is 0. The van der Waals surface area contributed by atoms with E-state index in [-0.39, 0.29) is 18.2 Å². The number of aryl methyl sites for hydroxylation is 1. The molecule has 0 aliphatic carbocycles. The van der Waals surface area contributed by atoms with Gasteiger partial charge in [-0.3, -0.25) is 4.90 Å². The summed E-state index contributed by atoms with van der Waals surface area (Å²) in [6, 6.07) is 12.7. The lowest BCUT2D eigenvalue weighted by atomic mass is 10.2. The average molecular weight is 431 g/mol. The Kier molecular flexibility index (Phi) is 6.15. The first-order valence-electron chi connectivity index (χ1n) is 10.1. The molecule has 0 N–H and O–H groups in total. The number of hydrogen-bond acceptors (Lipinski definition) is 6. The van der Waals surface area contributed by atoms with Crippen LogP contribution in [0.15, 0.2) is 47.0 Å². The minimum atomic E-state index is -0.302. The third-order valence-electron chi connectivity index (χ3n) is 5.60. The molecule has 7 nitrogen and oxygen atoms in total. The van der Waals surface area contributed by atoms with Gasteiger partial charge in [0.2, 0.25) is 0 Å². The van der Waals surface area contributed by atoms with Crippen LogP contribution in [-0.2, 0) is 6.54 Å². The van der Waals surface area contributed by atoms with Crippen LogP contribution >= 0.6 is 12.4 Å². The van der Waals surface area contributed by atoms with Gasteiger partial charge in [0.1, 0.15) is 11.3 Å². The molecule has 3 heterocycles. The number of benzene rings is 2. The van der Waals surface area contributed by atoms with Crippen LogP contribution in [0.25, 0.3) is 22.0 Å². The van der Waals surface area contributed by atoms with Gasteiger partial charge < -0.3 is 9.42 Å². The van der Waals surface area contributed by atoms with Gasteiger partial charge in [0.15, 0.2) is 11.4 Å². The molecule has 5 rings (SSSR count). The zero-order valence-corrected chi connectivity index (χ0v) is 17.4. The second-order valence-corrected chi connectivity index (χ2v) is 7.48. The van der Waals surface area contributed by atoms with E-state index in [0.717, 1.165) is 74.3 Å². The normalized spacial score (nSPS) is 15.0. The topological polar surface area (TPSA) is 63.2 Å². The first-order chi connectivity index (χ1) is 14.3. The summed E-state index contributed by atoms with van der Waals surface area (Å²) in [5.41, 5.74) is 2.55. The summed E-state index contributed by atoms with van der Waals surface area (Å²) in [6.45, 7) is 5.73. The molecule has 4 aromatic rings. The Morgan fingerprint density at radius 2 is 1.77 bits per heavy atom. The summed E-state index contributed by atoms with van der Waals surface area (Å²) in [6.07, 6.45) is 2.20. The molecule has 2 aromatic heterocycles. The monoisotopic (exact) mass is 430 g/mol. The first kappa shape index (κ1) is 20.6. The van der Waals surface area contributed by atoms with E-state index >= 15 is 0 Å². The summed E-state index contributed by atoms with van der Waals surface area (Å²) >= 11 is 0. The highest BCUT2D eigenvalue weighted by Gasteiger charge is 2.21. The number of unbranched alkanes of at least 4 members (excludes halogenated alkanes) is 1. The Morgan fingerprint density at radius 3 is 2.63 bits per heavy atom. The molecule has 9 heteroatoms. The van der Waals surface area contributed by atoms with Gasteiger partial charge in [-0.15, -0.1) is 17.5 Å². The second kappa shape index (κ2) is 8.97. The third kappa shape index (κ3) is 4.11. The summed E-state index contributed by atoms with van der Waals surface area (Å²) < 4.78 is 20.6. The van der Waals surface area contributed by atoms with Crippen molar-refractivity contribution in [3.05, 3.63) is 48.3 Å². The van der Waals surface area contributed by atoms with Gasteiger partial charge in [-0.25, -0.2) is 9.07 Å². The number of anilines is 1. The van der Waals surface area contributed by atoms with E-state index in [9.17, 15) is 4.39 Å². The Labute approximate surface area is 179 Å². The van der Waals surface area contributed by atoms with Crippen LogP contribution in [0.3, 0.4) is 0 Å². The third-order valence-corrected chi connectivity index (χ3v) is 5.60. The largest absolute Gasteiger partial charge is 0.354 e. The predicted molar refractivity (Wildman–Crippen MR) is 117 cm³/mol. The van der Waals surface area contributed by atoms with Crippen molar-refractivity contribution < 1.29 is 8.91 Å². The van der Waals surface area contributed by atoms with Crippen molar-refractivity contribution in [3.8, 4) is 0 Å². The summed E-state index contributed by atoms with van der Waals surface area (Å²) in [5, 5.41) is 13.5. The fourth-order valence-electron chi connectivity index (χ4n) is 3.99. The highest BCUT2D eigenvalue weighted by Crippen LogP contribution is 2.27. The maximum atomic E-state index is 13.3. The molecule has 1 fully saturated rings. The van der Waals surface area contributed by atoms with Crippen molar-refractivity contribution in [2.75, 3.05) is 37.6 Å². The van der Waals surface area contributed by atoms with Crippen molar-refractivity contribution in [1.82, 2.24) is 25.1 Å². The number of piperazine rings is 1. The lowest BCUT2D eigenvalue weighted by Gasteiger charge is -2.34. The molecule has 30 heavy (non-hydrogen) atoms. The second-order valence-electron chi connectivity index (χ2n) is 7.48. The number of para-hydroxylation sites is 1. The van der Waals surface area contributed by atoms with E-state index in [0.29, 0.717) is 5.58 Å². The molecule has 0 bridgehead atoms. The number of hydrogen-bond donors (Lipinski definition) is 0. The number of rotatable bonds is 6. The maximum absolute atomic E-state index is 13.3. The van der Waals surface area contributed by atoms with Crippen molar-refractivity contribution >= 4 is 40.2 Å². The maximum Gasteiger partial charge on any atom is 0.180 e. The van der Waals surface area contributed by atoms with Gasteiger partial charge >= 0.3 is 0 Å². The smallest absolute Gasteiger partial charge is 0.180 e. The molecule has 0 amide bonds. The Balaban J connectivity index is 0.00000218. The Morgan fingerprint density at radius 1 is 0.967 bits per heavy atom. The van der Waals surface area contributed by atoms with Gasteiger partial charge in [0, 0.05) is 38.8 Å². The van der Waals surface area contributed by atoms with Crippen molar-refractivity contribution in [2.24, 2.45) is 0 Å². The summed E-state index contributed by atoms with van der Waals surface area (Å²) in [4.78, 5) is 4.71. The lowest BCUT2D eigenvalue weighted by molar-refractivity contribution is 0.249. The van der Waals surface area contributed by atoms with Crippen LogP contribution in [0.5, 0.6) is 0 Å². The molecule has 158 valence electrons. The average Bonchev–Trinajstić information content (AvgIpc) is 3.35. The minimum Gasteiger partial charge on any atom is -0.354 e. The zero-order valence-electron chi connectivity index (χ0n) is 16.6. The Hall–Kier alpha value is -2.71. The molecule has 1 aliphatic rings. The van der Waals surface area contributed by atoms with Gasteiger partial charge in [-0.2, -0.15) is 0 Å². The quantitative estimate of drug-likeness (QED) is 0.434. The van der Waals surface area contributed by atoms with Gasteiger partial charge in [-0.05, 0) is 43.7 Å². The van der Waals surface area contributed by atoms with E-state index in [1.165, 1.54) is 12.1 Å². The van der Waals surface area contributed by atoms with Crippen LogP contribution in [0.2, 0.25) is 0 Å². The standard InChI is InChI=1S/C21H23FN6O.ClH/c22-16-7-8-17-20(15-16)29-24-21(17)27-13-11-26(12-14-27)9-3-4-10-28-19-6-2-1-5-18(19)23-25-28;/h1-2,5-8,15H,3-4,9-14H2;1H. The Bertz CT molecular complexity index is 1120. The van der Waals surface area contributed by atoms with Crippen LogP contribution in [0.1, 0.15) is 12.8 Å². The molecule has 2 aromatic carbocycles. The highest BCUT2D eigenvalue weighted by molar-refractivity contribution is 5.88. The molecule has 0 radical (unpaired) electrons. The van der Waals surface area contributed by atoms with Crippen molar-refractivity contribution in [1.29, 1.82) is 0 Å². The fraction of sp³-hybridized carbons (Fsp3) is 0.381. The molecule has 1 aliphatic heterocycles. The van der Waals surface area contributed by atoms with Gasteiger partial charge in [0.25, 0.3) is 0 Å². The van der Waals surface area contributed by atoms with Crippen molar-refractivity contribution in [3.63, 3.8) is 0 Å². The van der Waals surface area contributed by atoms with Crippen LogP contribution in [0.4, 0.5) is 10.2 Å². The molecule has 1 saturated heterocycles. The fourth-order valence-corrected chi connectivity index (χ4v) is 3.99. The summed E-state index contributed by atoms with van der Waals surface area (Å²) in [7, 11) is 0. The van der Waals surface area contributed by atoms with Crippen LogP contribution < -0.4 is 4.90 Å². The van der Waals surface area contributed by atoms with Crippen molar-refractivity contribution in [2.45, 2.75) is 19.4 Å². The summed E-state index contributed by atoms with van der Waals surface area (Å²) in [5.74, 6) is 0.515. The predicted octanol–water partition coefficient (Wildman–Crippen LogP) is 3.74. The number of nitrogens with zero attached hydrogens (tertiary/aromatic N) is 6. The number of halogens is 2. The van der Waals surface area contributed by atoms with Crippen LogP contribution in [-0.4, -0.2) is 57.8 Å². The van der Waals surface area contributed by atoms with Gasteiger partial charge in [-0.1, -0.05) is 22.5 Å². The highest BCUT2D eigenvalue weighted by atomic mass is 35.5. The van der Waals surface area contributed by atoms with E-state index < -0.39 is 0 Å². The molecule has 0 unspecified atom stereocenters. The van der Waals surface area contributed by atoms with E-state index in [1.807, 2.05) is 22.9 Å². The van der Waals surface area contributed by atoms with E-state index in [1.54, 1.807) is 6.07 Å². The van der Waals surface area contributed by atoms with Gasteiger partial charge in [0.05, 0.1) is 10.9 Å². The zero-order chi connectivity index (χ0) is 19.6. The SMILES string of the molecule is Cl.Fc1ccc2c(N3CCN(CCCCn4nnc5ccccc54)CC3)noc2c1. The molecule has 0 atom stereocenters. The number of fused-ring (bicyclic) bond motifs is 2. The lowest BCUT2D eigenvalue weighted by Crippen LogP contribution is -2.46. The van der Waals surface area contributed by atoms with E-state index in [2.05, 4.69) is 31.3 Å². The molecular weight excluding hydrogens is 407 g/mol. The number of aromatic nitrogens is 4. The molecule has 0 spiro atoms. The molecular formula is C21H24ClFN6O.